The van der Waals surface area contributed by atoms with Gasteiger partial charge in [-0.3, -0.25) is 9.59 Å². The van der Waals surface area contributed by atoms with Crippen molar-refractivity contribution in [3.8, 4) is 0 Å². The number of methoxy groups -OCH3 is 1. The second-order valence-corrected chi connectivity index (χ2v) is 4.16. The van der Waals surface area contributed by atoms with Crippen LogP contribution in [0.4, 0.5) is 5.69 Å². The molecule has 1 aliphatic heterocycles. The van der Waals surface area contributed by atoms with Crippen LogP contribution in [0.25, 0.3) is 0 Å². The summed E-state index contributed by atoms with van der Waals surface area (Å²) in [6.45, 7) is 1.78. The Morgan fingerprint density at radius 1 is 1.33 bits per heavy atom. The van der Waals surface area contributed by atoms with Crippen molar-refractivity contribution in [2.24, 2.45) is 0 Å². The minimum absolute atomic E-state index is 0.0201. The number of amides is 1. The normalized spacial score (nSPS) is 15.1. The van der Waals surface area contributed by atoms with E-state index in [2.05, 4.69) is 0 Å². The van der Waals surface area contributed by atoms with Gasteiger partial charge in [-0.05, 0) is 18.6 Å². The second-order valence-electron chi connectivity index (χ2n) is 4.16. The number of carbonyl (C=O) groups excluding carboxylic acids is 3. The first-order chi connectivity index (χ1) is 8.54. The van der Waals surface area contributed by atoms with Gasteiger partial charge in [-0.2, -0.15) is 0 Å². The number of hydrogen-bond acceptors (Lipinski definition) is 4. The van der Waals surface area contributed by atoms with E-state index in [0.29, 0.717) is 16.8 Å². The van der Waals surface area contributed by atoms with Crippen LogP contribution < -0.4 is 4.90 Å². The van der Waals surface area contributed by atoms with Gasteiger partial charge < -0.3 is 9.64 Å². The maximum Gasteiger partial charge on any atom is 0.340 e. The standard InChI is InChI=1S/C13H13NO4/c1-8-4-3-5-10(12(8)13(17)18-2)14-7-9(15)6-11(14)16/h3-5H,6-7H2,1-2H3. The van der Waals surface area contributed by atoms with E-state index in [1.54, 1.807) is 25.1 Å². The number of rotatable bonds is 2. The van der Waals surface area contributed by atoms with Crippen molar-refractivity contribution < 1.29 is 19.1 Å². The Labute approximate surface area is 104 Å². The van der Waals surface area contributed by atoms with Gasteiger partial charge in [0.1, 0.15) is 0 Å². The first kappa shape index (κ1) is 12.3. The van der Waals surface area contributed by atoms with Crippen LogP contribution in [0.2, 0.25) is 0 Å². The molecule has 0 saturated carbocycles. The van der Waals surface area contributed by atoms with E-state index < -0.39 is 5.97 Å². The van der Waals surface area contributed by atoms with Gasteiger partial charge in [0.2, 0.25) is 5.91 Å². The Balaban J connectivity index is 2.51. The first-order valence-corrected chi connectivity index (χ1v) is 5.54. The minimum Gasteiger partial charge on any atom is -0.465 e. The molecule has 0 aliphatic carbocycles. The van der Waals surface area contributed by atoms with Gasteiger partial charge in [0.15, 0.2) is 5.78 Å². The van der Waals surface area contributed by atoms with Gasteiger partial charge in [0.25, 0.3) is 0 Å². The molecule has 94 valence electrons. The van der Waals surface area contributed by atoms with Crippen LogP contribution in [0.15, 0.2) is 18.2 Å². The lowest BCUT2D eigenvalue weighted by Crippen LogP contribution is -2.27. The van der Waals surface area contributed by atoms with Crippen molar-refractivity contribution in [2.45, 2.75) is 13.3 Å². The summed E-state index contributed by atoms with van der Waals surface area (Å²) in [5, 5.41) is 0. The maximum absolute atomic E-state index is 11.8. The zero-order valence-electron chi connectivity index (χ0n) is 10.2. The summed E-state index contributed by atoms with van der Waals surface area (Å²) in [7, 11) is 1.29. The van der Waals surface area contributed by atoms with E-state index in [4.69, 9.17) is 4.74 Å². The number of anilines is 1. The van der Waals surface area contributed by atoms with Gasteiger partial charge in [-0.1, -0.05) is 12.1 Å². The van der Waals surface area contributed by atoms with Crippen molar-refractivity contribution in [1.82, 2.24) is 0 Å². The number of ether oxygens (including phenoxy) is 1. The Morgan fingerprint density at radius 2 is 2.06 bits per heavy atom. The number of esters is 1. The van der Waals surface area contributed by atoms with E-state index in [0.717, 1.165) is 0 Å². The van der Waals surface area contributed by atoms with E-state index in [1.807, 2.05) is 0 Å². The molecule has 0 N–H and O–H groups in total. The summed E-state index contributed by atoms with van der Waals surface area (Å²) in [5.41, 5.74) is 1.49. The quantitative estimate of drug-likeness (QED) is 0.579. The lowest BCUT2D eigenvalue weighted by molar-refractivity contribution is -0.121. The molecule has 1 fully saturated rings. The topological polar surface area (TPSA) is 63.7 Å². The number of ketones is 1. The fourth-order valence-electron chi connectivity index (χ4n) is 2.05. The molecule has 1 aromatic carbocycles. The Hall–Kier alpha value is -2.17. The SMILES string of the molecule is COC(=O)c1c(C)cccc1N1CC(=O)CC1=O. The third-order valence-corrected chi connectivity index (χ3v) is 2.92. The zero-order chi connectivity index (χ0) is 13.3. The van der Waals surface area contributed by atoms with E-state index in [1.165, 1.54) is 12.0 Å². The summed E-state index contributed by atoms with van der Waals surface area (Å²) in [6, 6.07) is 5.15. The van der Waals surface area contributed by atoms with Gasteiger partial charge in [0.05, 0.1) is 31.3 Å². The molecule has 2 rings (SSSR count). The number of nitrogens with zero attached hydrogens (tertiary/aromatic N) is 1. The molecule has 0 aromatic heterocycles. The molecule has 1 amide bonds. The zero-order valence-corrected chi connectivity index (χ0v) is 10.2. The highest BCUT2D eigenvalue weighted by molar-refractivity contribution is 6.17. The summed E-state index contributed by atoms with van der Waals surface area (Å²) in [6.07, 6.45) is -0.103. The van der Waals surface area contributed by atoms with Crippen LogP contribution in [0.3, 0.4) is 0 Å². The highest BCUT2D eigenvalue weighted by Gasteiger charge is 2.31. The largest absolute Gasteiger partial charge is 0.465 e. The van der Waals surface area contributed by atoms with Gasteiger partial charge in [-0.25, -0.2) is 4.79 Å². The highest BCUT2D eigenvalue weighted by atomic mass is 16.5. The molecule has 0 atom stereocenters. The number of aryl methyl sites for hydroxylation is 1. The molecule has 1 aromatic rings. The van der Waals surface area contributed by atoms with E-state index >= 15 is 0 Å². The van der Waals surface area contributed by atoms with E-state index in [9.17, 15) is 14.4 Å². The molecule has 5 nitrogen and oxygen atoms in total. The first-order valence-electron chi connectivity index (χ1n) is 5.54. The number of Topliss-reactive ketones (excluding diaryl/α,β-unsaturated/α-hetero) is 1. The molecular formula is C13H13NO4. The lowest BCUT2D eigenvalue weighted by Gasteiger charge is -2.19. The van der Waals surface area contributed by atoms with Gasteiger partial charge >= 0.3 is 5.97 Å². The van der Waals surface area contributed by atoms with Crippen LogP contribution in [-0.4, -0.2) is 31.3 Å². The average molecular weight is 247 g/mol. The predicted octanol–water partition coefficient (Wildman–Crippen LogP) is 1.09. The number of carbonyl (C=O) groups is 3. The van der Waals surface area contributed by atoms with Gasteiger partial charge in [0, 0.05) is 0 Å². The molecule has 18 heavy (non-hydrogen) atoms. The maximum atomic E-state index is 11.8. The van der Waals surface area contributed by atoms with E-state index in [-0.39, 0.29) is 24.7 Å². The predicted molar refractivity (Wildman–Crippen MR) is 64.5 cm³/mol. The van der Waals surface area contributed by atoms with Crippen LogP contribution >= 0.6 is 0 Å². The second kappa shape index (κ2) is 4.60. The monoisotopic (exact) mass is 247 g/mol. The van der Waals surface area contributed by atoms with Gasteiger partial charge in [-0.15, -0.1) is 0 Å². The van der Waals surface area contributed by atoms with Crippen molar-refractivity contribution in [3.05, 3.63) is 29.3 Å². The molecule has 0 spiro atoms. The van der Waals surface area contributed by atoms with Crippen molar-refractivity contribution in [2.75, 3.05) is 18.6 Å². The third-order valence-electron chi connectivity index (χ3n) is 2.92. The fourth-order valence-corrected chi connectivity index (χ4v) is 2.05. The van der Waals surface area contributed by atoms with Crippen molar-refractivity contribution in [3.63, 3.8) is 0 Å². The van der Waals surface area contributed by atoms with Crippen molar-refractivity contribution >= 4 is 23.3 Å². The average Bonchev–Trinajstić information content (AvgIpc) is 2.67. The lowest BCUT2D eigenvalue weighted by atomic mass is 10.1. The molecule has 1 saturated heterocycles. The Morgan fingerprint density at radius 3 is 2.61 bits per heavy atom. The molecule has 1 heterocycles. The number of hydrogen-bond donors (Lipinski definition) is 0. The highest BCUT2D eigenvalue weighted by Crippen LogP contribution is 2.27. The summed E-state index contributed by atoms with van der Waals surface area (Å²) < 4.78 is 4.72. The smallest absolute Gasteiger partial charge is 0.340 e. The molecule has 5 heteroatoms. The Kier molecular flexibility index (Phi) is 3.14. The van der Waals surface area contributed by atoms with Crippen LogP contribution in [0.5, 0.6) is 0 Å². The number of benzene rings is 1. The van der Waals surface area contributed by atoms with Crippen LogP contribution in [0, 0.1) is 6.92 Å². The summed E-state index contributed by atoms with van der Waals surface area (Å²) in [5.74, 6) is -0.927. The van der Waals surface area contributed by atoms with Crippen LogP contribution in [0.1, 0.15) is 22.3 Å². The summed E-state index contributed by atoms with van der Waals surface area (Å²) in [4.78, 5) is 36.1. The molecular weight excluding hydrogens is 234 g/mol. The van der Waals surface area contributed by atoms with Crippen molar-refractivity contribution in [1.29, 1.82) is 0 Å². The third kappa shape index (κ3) is 1.99. The molecule has 0 unspecified atom stereocenters. The molecule has 0 bridgehead atoms. The Bertz CT molecular complexity index is 536. The molecule has 1 aliphatic rings. The van der Waals surface area contributed by atoms with Crippen LogP contribution in [-0.2, 0) is 14.3 Å². The molecule has 0 radical (unpaired) electrons. The minimum atomic E-state index is -0.504. The fraction of sp³-hybridized carbons (Fsp3) is 0.308. The summed E-state index contributed by atoms with van der Waals surface area (Å²) >= 11 is 0.